The van der Waals surface area contributed by atoms with E-state index in [0.717, 1.165) is 19.3 Å². The van der Waals surface area contributed by atoms with Crippen molar-refractivity contribution in [1.29, 1.82) is 5.26 Å². The Balaban J connectivity index is 2.22. The quantitative estimate of drug-likeness (QED) is 0.691. The molecule has 1 fully saturated rings. The Morgan fingerprint density at radius 1 is 1.62 bits per heavy atom. The molecule has 4 heteroatoms. The molecule has 13 heavy (non-hydrogen) atoms. The highest BCUT2D eigenvalue weighted by atomic mass is 16.3. The van der Waals surface area contributed by atoms with Gasteiger partial charge >= 0.3 is 0 Å². The summed E-state index contributed by atoms with van der Waals surface area (Å²) in [4.78, 5) is 0. The van der Waals surface area contributed by atoms with Gasteiger partial charge in [0.2, 0.25) is 0 Å². The SMILES string of the molecule is N#Cc1ccnn1C1CCC(O)C1. The fourth-order valence-electron chi connectivity index (χ4n) is 1.85. The summed E-state index contributed by atoms with van der Waals surface area (Å²) in [5.41, 5.74) is 0.583. The Bertz CT molecular complexity index is 339. The van der Waals surface area contributed by atoms with Crippen LogP contribution in [0.3, 0.4) is 0 Å². The first-order valence-electron chi connectivity index (χ1n) is 4.43. The molecule has 0 aliphatic heterocycles. The molecule has 0 bridgehead atoms. The summed E-state index contributed by atoms with van der Waals surface area (Å²) in [6, 6.07) is 3.99. The Kier molecular flexibility index (Phi) is 2.03. The van der Waals surface area contributed by atoms with Gasteiger partial charge in [-0.05, 0) is 25.3 Å². The standard InChI is InChI=1S/C9H11N3O/c10-6-8-3-4-11-12(8)7-1-2-9(13)5-7/h3-4,7,9,13H,1-2,5H2. The topological polar surface area (TPSA) is 61.8 Å². The number of nitrogens with zero attached hydrogens (tertiary/aromatic N) is 3. The molecule has 1 aromatic rings. The molecule has 1 aliphatic rings. The van der Waals surface area contributed by atoms with E-state index in [0.29, 0.717) is 5.69 Å². The van der Waals surface area contributed by atoms with Gasteiger partial charge in [0, 0.05) is 0 Å². The fourth-order valence-corrected chi connectivity index (χ4v) is 1.85. The van der Waals surface area contributed by atoms with Gasteiger partial charge in [-0.25, -0.2) is 0 Å². The highest BCUT2D eigenvalue weighted by molar-refractivity contribution is 5.19. The Hall–Kier alpha value is -1.34. The minimum atomic E-state index is -0.222. The van der Waals surface area contributed by atoms with Crippen LogP contribution in [-0.2, 0) is 0 Å². The van der Waals surface area contributed by atoms with Crippen molar-refractivity contribution in [1.82, 2.24) is 9.78 Å². The van der Waals surface area contributed by atoms with Gasteiger partial charge in [0.15, 0.2) is 0 Å². The van der Waals surface area contributed by atoms with Gasteiger partial charge in [-0.3, -0.25) is 4.68 Å². The average Bonchev–Trinajstić information content (AvgIpc) is 2.71. The number of hydrogen-bond acceptors (Lipinski definition) is 3. The summed E-state index contributed by atoms with van der Waals surface area (Å²) in [6.45, 7) is 0. The second kappa shape index (κ2) is 3.19. The van der Waals surface area contributed by atoms with Crippen LogP contribution in [0.5, 0.6) is 0 Å². The average molecular weight is 177 g/mol. The number of aromatic nitrogens is 2. The van der Waals surface area contributed by atoms with Crippen LogP contribution in [0, 0.1) is 11.3 Å². The molecule has 0 aromatic carbocycles. The predicted molar refractivity (Wildman–Crippen MR) is 45.8 cm³/mol. The first-order valence-corrected chi connectivity index (χ1v) is 4.43. The van der Waals surface area contributed by atoms with Crippen molar-refractivity contribution in [2.75, 3.05) is 0 Å². The summed E-state index contributed by atoms with van der Waals surface area (Å²) in [6.07, 6.45) is 3.85. The normalized spacial score (nSPS) is 27.4. The molecule has 68 valence electrons. The van der Waals surface area contributed by atoms with Crippen molar-refractivity contribution in [2.45, 2.75) is 31.4 Å². The maximum Gasteiger partial charge on any atom is 0.138 e. The zero-order chi connectivity index (χ0) is 9.26. The third kappa shape index (κ3) is 1.43. The van der Waals surface area contributed by atoms with Crippen molar-refractivity contribution in [3.05, 3.63) is 18.0 Å². The minimum Gasteiger partial charge on any atom is -0.393 e. The molecule has 2 atom stereocenters. The highest BCUT2D eigenvalue weighted by Crippen LogP contribution is 2.29. The zero-order valence-electron chi connectivity index (χ0n) is 7.22. The van der Waals surface area contributed by atoms with Crippen LogP contribution in [0.2, 0.25) is 0 Å². The van der Waals surface area contributed by atoms with Crippen molar-refractivity contribution in [2.24, 2.45) is 0 Å². The van der Waals surface area contributed by atoms with Crippen molar-refractivity contribution in [3.63, 3.8) is 0 Å². The van der Waals surface area contributed by atoms with E-state index in [4.69, 9.17) is 5.26 Å². The number of rotatable bonds is 1. The van der Waals surface area contributed by atoms with Gasteiger partial charge < -0.3 is 5.11 Å². The Morgan fingerprint density at radius 2 is 2.46 bits per heavy atom. The third-order valence-electron chi connectivity index (χ3n) is 2.51. The molecule has 1 heterocycles. The smallest absolute Gasteiger partial charge is 0.138 e. The van der Waals surface area contributed by atoms with Crippen molar-refractivity contribution in [3.8, 4) is 6.07 Å². The lowest BCUT2D eigenvalue weighted by atomic mass is 10.2. The van der Waals surface area contributed by atoms with Crippen molar-refractivity contribution >= 4 is 0 Å². The van der Waals surface area contributed by atoms with E-state index >= 15 is 0 Å². The second-order valence-electron chi connectivity index (χ2n) is 3.39. The van der Waals surface area contributed by atoms with Crippen LogP contribution in [0.1, 0.15) is 31.0 Å². The molecule has 1 aliphatic carbocycles. The molecule has 0 amide bonds. The highest BCUT2D eigenvalue weighted by Gasteiger charge is 2.25. The number of aliphatic hydroxyl groups excluding tert-OH is 1. The molecule has 1 aromatic heterocycles. The summed E-state index contributed by atoms with van der Waals surface area (Å²) in [7, 11) is 0. The molecule has 1 saturated carbocycles. The predicted octanol–water partition coefficient (Wildman–Crippen LogP) is 0.841. The lowest BCUT2D eigenvalue weighted by molar-refractivity contribution is 0.177. The number of hydrogen-bond donors (Lipinski definition) is 1. The number of aliphatic hydroxyl groups is 1. The van der Waals surface area contributed by atoms with Gasteiger partial charge in [0.25, 0.3) is 0 Å². The largest absolute Gasteiger partial charge is 0.393 e. The van der Waals surface area contributed by atoms with E-state index < -0.39 is 0 Å². The number of nitriles is 1. The summed E-state index contributed by atoms with van der Waals surface area (Å²) >= 11 is 0. The Morgan fingerprint density at radius 3 is 3.08 bits per heavy atom. The maximum atomic E-state index is 9.34. The van der Waals surface area contributed by atoms with Gasteiger partial charge in [-0.15, -0.1) is 0 Å². The van der Waals surface area contributed by atoms with E-state index in [2.05, 4.69) is 11.2 Å². The minimum absolute atomic E-state index is 0.208. The van der Waals surface area contributed by atoms with Gasteiger partial charge in [0.05, 0.1) is 18.3 Å². The molecule has 2 unspecified atom stereocenters. The van der Waals surface area contributed by atoms with Crippen LogP contribution >= 0.6 is 0 Å². The molecule has 0 radical (unpaired) electrons. The van der Waals surface area contributed by atoms with Crippen molar-refractivity contribution < 1.29 is 5.11 Å². The molecule has 1 N–H and O–H groups in total. The van der Waals surface area contributed by atoms with E-state index in [-0.39, 0.29) is 12.1 Å². The van der Waals surface area contributed by atoms with Crippen LogP contribution in [0.4, 0.5) is 0 Å². The van der Waals surface area contributed by atoms with Gasteiger partial charge in [-0.1, -0.05) is 0 Å². The molecular formula is C9H11N3O. The Labute approximate surface area is 76.4 Å². The van der Waals surface area contributed by atoms with Gasteiger partial charge in [0.1, 0.15) is 11.8 Å². The van der Waals surface area contributed by atoms with Crippen LogP contribution < -0.4 is 0 Å². The monoisotopic (exact) mass is 177 g/mol. The van der Waals surface area contributed by atoms with E-state index in [1.54, 1.807) is 16.9 Å². The van der Waals surface area contributed by atoms with Crippen LogP contribution in [-0.4, -0.2) is 21.0 Å². The summed E-state index contributed by atoms with van der Waals surface area (Å²) in [5, 5.41) is 22.2. The third-order valence-corrected chi connectivity index (χ3v) is 2.51. The van der Waals surface area contributed by atoms with Crippen LogP contribution in [0.25, 0.3) is 0 Å². The lowest BCUT2D eigenvalue weighted by Gasteiger charge is -2.10. The summed E-state index contributed by atoms with van der Waals surface area (Å²) in [5.74, 6) is 0. The van der Waals surface area contributed by atoms with E-state index in [9.17, 15) is 5.11 Å². The van der Waals surface area contributed by atoms with Gasteiger partial charge in [-0.2, -0.15) is 10.4 Å². The maximum absolute atomic E-state index is 9.34. The molecule has 0 spiro atoms. The lowest BCUT2D eigenvalue weighted by Crippen LogP contribution is -2.10. The second-order valence-corrected chi connectivity index (χ2v) is 3.39. The zero-order valence-corrected chi connectivity index (χ0v) is 7.22. The molecule has 0 saturated heterocycles. The van der Waals surface area contributed by atoms with E-state index in [1.807, 2.05) is 0 Å². The first-order chi connectivity index (χ1) is 6.31. The molecule has 2 rings (SSSR count). The first kappa shape index (κ1) is 8.27. The van der Waals surface area contributed by atoms with Crippen LogP contribution in [0.15, 0.2) is 12.3 Å². The fraction of sp³-hybridized carbons (Fsp3) is 0.556. The van der Waals surface area contributed by atoms with E-state index in [1.165, 1.54) is 0 Å². The molecular weight excluding hydrogens is 166 g/mol. The summed E-state index contributed by atoms with van der Waals surface area (Å²) < 4.78 is 1.72. The molecule has 4 nitrogen and oxygen atoms in total.